The molecule has 3 rings (SSSR count). The Morgan fingerprint density at radius 2 is 2.00 bits per heavy atom. The average Bonchev–Trinajstić information content (AvgIpc) is 2.99. The van der Waals surface area contributed by atoms with Crippen molar-refractivity contribution in [1.82, 2.24) is 15.2 Å². The molecule has 2 heterocycles. The Labute approximate surface area is 138 Å². The lowest BCUT2D eigenvalue weighted by molar-refractivity contribution is 0.169. The Kier molecular flexibility index (Phi) is 5.06. The molecule has 112 valence electrons. The van der Waals surface area contributed by atoms with Gasteiger partial charge in [-0.1, -0.05) is 35.0 Å². The second kappa shape index (κ2) is 7.01. The summed E-state index contributed by atoms with van der Waals surface area (Å²) >= 11 is 5.27. The number of hydrogen-bond donors (Lipinski definition) is 1. The summed E-state index contributed by atoms with van der Waals surface area (Å²) < 4.78 is 1.11. The molecule has 1 aliphatic heterocycles. The summed E-state index contributed by atoms with van der Waals surface area (Å²) in [7, 11) is 0. The molecule has 0 spiro atoms. The molecule has 0 aliphatic carbocycles. The van der Waals surface area contributed by atoms with Gasteiger partial charge in [-0.05, 0) is 18.6 Å². The topological polar surface area (TPSA) is 28.2 Å². The Morgan fingerprint density at radius 1 is 1.29 bits per heavy atom. The van der Waals surface area contributed by atoms with Crippen LogP contribution in [0.1, 0.15) is 24.4 Å². The lowest BCUT2D eigenvalue weighted by Gasteiger charge is -2.33. The molecule has 1 fully saturated rings. The highest BCUT2D eigenvalue weighted by Crippen LogP contribution is 2.31. The van der Waals surface area contributed by atoms with Crippen LogP contribution in [0.4, 0.5) is 0 Å². The lowest BCUT2D eigenvalue weighted by Crippen LogP contribution is -2.45. The summed E-state index contributed by atoms with van der Waals surface area (Å²) in [5, 5.41) is 6.85. The fourth-order valence-electron chi connectivity index (χ4n) is 2.78. The SMILES string of the molecule is CCC(c1nc(-c2ccc(Br)cc2)cs1)N1CCNCC1. The van der Waals surface area contributed by atoms with Crippen molar-refractivity contribution >= 4 is 27.3 Å². The Bertz CT molecular complexity index is 575. The van der Waals surface area contributed by atoms with Gasteiger partial charge in [0.2, 0.25) is 0 Å². The highest BCUT2D eigenvalue weighted by atomic mass is 79.9. The standard InChI is InChI=1S/C16H20BrN3S/c1-2-15(20-9-7-18-8-10-20)16-19-14(11-21-16)12-3-5-13(17)6-4-12/h3-6,11,15,18H,2,7-10H2,1H3. The largest absolute Gasteiger partial charge is 0.314 e. The first-order chi connectivity index (χ1) is 10.3. The van der Waals surface area contributed by atoms with Gasteiger partial charge in [-0.2, -0.15) is 0 Å². The number of nitrogens with one attached hydrogen (secondary N) is 1. The molecular weight excluding hydrogens is 346 g/mol. The number of rotatable bonds is 4. The zero-order chi connectivity index (χ0) is 14.7. The van der Waals surface area contributed by atoms with E-state index in [2.05, 4.69) is 62.7 Å². The molecular formula is C16H20BrN3S. The van der Waals surface area contributed by atoms with Crippen LogP contribution in [0, 0.1) is 0 Å². The van der Waals surface area contributed by atoms with E-state index < -0.39 is 0 Å². The molecule has 0 amide bonds. The number of aromatic nitrogens is 1. The average molecular weight is 366 g/mol. The van der Waals surface area contributed by atoms with Crippen molar-refractivity contribution in [2.75, 3.05) is 26.2 Å². The predicted molar refractivity (Wildman–Crippen MR) is 92.7 cm³/mol. The summed E-state index contributed by atoms with van der Waals surface area (Å²) in [6.45, 7) is 6.66. The normalized spacial score (nSPS) is 17.8. The van der Waals surface area contributed by atoms with Crippen LogP contribution >= 0.6 is 27.3 Å². The van der Waals surface area contributed by atoms with E-state index in [1.807, 2.05) is 0 Å². The summed E-state index contributed by atoms with van der Waals surface area (Å²) in [5.74, 6) is 0. The minimum atomic E-state index is 0.460. The van der Waals surface area contributed by atoms with Crippen LogP contribution in [0.15, 0.2) is 34.1 Å². The zero-order valence-electron chi connectivity index (χ0n) is 12.2. The molecule has 0 radical (unpaired) electrons. The van der Waals surface area contributed by atoms with Gasteiger partial charge in [-0.15, -0.1) is 11.3 Å². The number of piperazine rings is 1. The first kappa shape index (κ1) is 15.2. The zero-order valence-corrected chi connectivity index (χ0v) is 14.6. The Hall–Kier alpha value is -0.750. The molecule has 0 saturated carbocycles. The van der Waals surface area contributed by atoms with E-state index >= 15 is 0 Å². The molecule has 1 aromatic heterocycles. The quantitative estimate of drug-likeness (QED) is 0.889. The third-order valence-electron chi connectivity index (χ3n) is 3.93. The summed E-state index contributed by atoms with van der Waals surface area (Å²) in [5.41, 5.74) is 2.28. The van der Waals surface area contributed by atoms with Crippen LogP contribution in [-0.4, -0.2) is 36.1 Å². The van der Waals surface area contributed by atoms with Gasteiger partial charge < -0.3 is 5.32 Å². The number of nitrogens with zero attached hydrogens (tertiary/aromatic N) is 2. The van der Waals surface area contributed by atoms with Gasteiger partial charge in [-0.25, -0.2) is 4.98 Å². The molecule has 1 saturated heterocycles. The van der Waals surface area contributed by atoms with Crippen molar-refractivity contribution in [3.8, 4) is 11.3 Å². The van der Waals surface area contributed by atoms with Gasteiger partial charge in [0.1, 0.15) is 5.01 Å². The first-order valence-electron chi connectivity index (χ1n) is 7.44. The van der Waals surface area contributed by atoms with Crippen LogP contribution in [0.25, 0.3) is 11.3 Å². The fraction of sp³-hybridized carbons (Fsp3) is 0.438. The highest BCUT2D eigenvalue weighted by Gasteiger charge is 2.23. The molecule has 21 heavy (non-hydrogen) atoms. The summed E-state index contributed by atoms with van der Waals surface area (Å²) in [6, 6.07) is 8.84. The van der Waals surface area contributed by atoms with E-state index in [1.54, 1.807) is 11.3 Å². The minimum Gasteiger partial charge on any atom is -0.314 e. The third-order valence-corrected chi connectivity index (χ3v) is 5.40. The van der Waals surface area contributed by atoms with E-state index in [0.29, 0.717) is 6.04 Å². The second-order valence-corrected chi connectivity index (χ2v) is 7.09. The van der Waals surface area contributed by atoms with Crippen LogP contribution in [0.2, 0.25) is 0 Å². The minimum absolute atomic E-state index is 0.460. The van der Waals surface area contributed by atoms with Gasteiger partial charge in [0, 0.05) is 41.6 Å². The van der Waals surface area contributed by atoms with Crippen molar-refractivity contribution in [3.63, 3.8) is 0 Å². The highest BCUT2D eigenvalue weighted by molar-refractivity contribution is 9.10. The van der Waals surface area contributed by atoms with E-state index in [0.717, 1.165) is 42.8 Å². The van der Waals surface area contributed by atoms with Crippen LogP contribution < -0.4 is 5.32 Å². The number of halogens is 1. The molecule has 2 aromatic rings. The summed E-state index contributed by atoms with van der Waals surface area (Å²) in [6.07, 6.45) is 1.12. The molecule has 3 nitrogen and oxygen atoms in total. The maximum absolute atomic E-state index is 4.90. The van der Waals surface area contributed by atoms with Crippen molar-refractivity contribution in [2.45, 2.75) is 19.4 Å². The smallest absolute Gasteiger partial charge is 0.110 e. The molecule has 1 aromatic carbocycles. The van der Waals surface area contributed by atoms with Crippen LogP contribution in [-0.2, 0) is 0 Å². The van der Waals surface area contributed by atoms with Gasteiger partial charge >= 0.3 is 0 Å². The van der Waals surface area contributed by atoms with Gasteiger partial charge in [-0.3, -0.25) is 4.90 Å². The van der Waals surface area contributed by atoms with Crippen molar-refractivity contribution in [1.29, 1.82) is 0 Å². The van der Waals surface area contributed by atoms with Gasteiger partial charge in [0.25, 0.3) is 0 Å². The van der Waals surface area contributed by atoms with E-state index in [1.165, 1.54) is 10.6 Å². The van der Waals surface area contributed by atoms with Crippen molar-refractivity contribution in [2.24, 2.45) is 0 Å². The van der Waals surface area contributed by atoms with E-state index in [-0.39, 0.29) is 0 Å². The molecule has 5 heteroatoms. The summed E-state index contributed by atoms with van der Waals surface area (Å²) in [4.78, 5) is 7.45. The Morgan fingerprint density at radius 3 is 2.67 bits per heavy atom. The second-order valence-electron chi connectivity index (χ2n) is 5.29. The monoisotopic (exact) mass is 365 g/mol. The van der Waals surface area contributed by atoms with Crippen LogP contribution in [0.3, 0.4) is 0 Å². The predicted octanol–water partition coefficient (Wildman–Crippen LogP) is 3.93. The molecule has 1 atom stereocenters. The van der Waals surface area contributed by atoms with E-state index in [4.69, 9.17) is 4.98 Å². The van der Waals surface area contributed by atoms with Crippen LogP contribution in [0.5, 0.6) is 0 Å². The Balaban J connectivity index is 1.80. The fourth-order valence-corrected chi connectivity index (χ4v) is 4.09. The molecule has 1 aliphatic rings. The lowest BCUT2D eigenvalue weighted by atomic mass is 10.1. The first-order valence-corrected chi connectivity index (χ1v) is 9.11. The van der Waals surface area contributed by atoms with Crippen molar-refractivity contribution in [3.05, 3.63) is 39.1 Å². The van der Waals surface area contributed by atoms with E-state index in [9.17, 15) is 0 Å². The molecule has 0 bridgehead atoms. The molecule has 1 N–H and O–H groups in total. The molecule has 1 unspecified atom stereocenters. The van der Waals surface area contributed by atoms with Gasteiger partial charge in [0.05, 0.1) is 11.7 Å². The maximum Gasteiger partial charge on any atom is 0.110 e. The number of thiazole rings is 1. The third kappa shape index (κ3) is 3.54. The number of hydrogen-bond acceptors (Lipinski definition) is 4. The maximum atomic E-state index is 4.90. The number of benzene rings is 1. The van der Waals surface area contributed by atoms with Gasteiger partial charge in [0.15, 0.2) is 0 Å². The van der Waals surface area contributed by atoms with Crippen molar-refractivity contribution < 1.29 is 0 Å².